The zero-order valence-electron chi connectivity index (χ0n) is 17.5. The Morgan fingerprint density at radius 3 is 2.26 bits per heavy atom. The van der Waals surface area contributed by atoms with Crippen LogP contribution in [0.1, 0.15) is 40.2 Å². The van der Waals surface area contributed by atoms with Crippen LogP contribution in [0.25, 0.3) is 5.70 Å². The number of nitrogen functional groups attached to an aromatic ring is 1. The fraction of sp³-hybridized carbons (Fsp3) is 0.391. The van der Waals surface area contributed by atoms with Gasteiger partial charge in [-0.1, -0.05) is 44.7 Å². The van der Waals surface area contributed by atoms with Crippen molar-refractivity contribution in [1.82, 2.24) is 10.2 Å². The van der Waals surface area contributed by atoms with Crippen LogP contribution in [0.3, 0.4) is 0 Å². The minimum atomic E-state index is 0.764. The van der Waals surface area contributed by atoms with Gasteiger partial charge in [0.25, 0.3) is 0 Å². The molecule has 0 spiro atoms. The third kappa shape index (κ3) is 6.65. The standard InChI is InChI=1S/C21H29N3O.C2H6/c1-5-7-21(16(3)17(4)24-12-14-25-15-13-24)23-20(6-2)18-8-10-19(22)11-9-18;1-2/h5-11,23H,1,12-15,22H2,2-4H3;1-2H3/b17-16+,20-6-,21-7+;. The smallest absolute Gasteiger partial charge is 0.0642 e. The molecule has 0 bridgehead atoms. The summed E-state index contributed by atoms with van der Waals surface area (Å²) in [5.74, 6) is 0. The molecule has 0 amide bonds. The van der Waals surface area contributed by atoms with Crippen LogP contribution in [0.15, 0.2) is 66.0 Å². The van der Waals surface area contributed by atoms with Crippen molar-refractivity contribution >= 4 is 11.4 Å². The number of nitrogens with zero attached hydrogens (tertiary/aromatic N) is 1. The average Bonchev–Trinajstić information content (AvgIpc) is 2.73. The molecule has 0 radical (unpaired) electrons. The molecule has 4 nitrogen and oxygen atoms in total. The van der Waals surface area contributed by atoms with Gasteiger partial charge in [0, 0.05) is 35.9 Å². The highest BCUT2D eigenvalue weighted by molar-refractivity contribution is 5.67. The minimum Gasteiger partial charge on any atom is -0.399 e. The molecule has 1 aliphatic rings. The average molecular weight is 370 g/mol. The predicted octanol–water partition coefficient (Wildman–Crippen LogP) is 4.94. The zero-order chi connectivity index (χ0) is 20.2. The molecule has 0 atom stereocenters. The van der Waals surface area contributed by atoms with Crippen molar-refractivity contribution in [2.45, 2.75) is 34.6 Å². The van der Waals surface area contributed by atoms with E-state index in [2.05, 4.69) is 36.7 Å². The third-order valence-corrected chi connectivity index (χ3v) is 4.50. The molecule has 0 aromatic heterocycles. The first kappa shape index (κ1) is 22.6. The van der Waals surface area contributed by atoms with E-state index in [1.54, 1.807) is 0 Å². The van der Waals surface area contributed by atoms with Gasteiger partial charge in [-0.3, -0.25) is 0 Å². The van der Waals surface area contributed by atoms with Crippen molar-refractivity contribution in [2.24, 2.45) is 0 Å². The van der Waals surface area contributed by atoms with E-state index in [-0.39, 0.29) is 0 Å². The Kier molecular flexibility index (Phi) is 10.1. The van der Waals surface area contributed by atoms with Gasteiger partial charge in [0.2, 0.25) is 0 Å². The highest BCUT2D eigenvalue weighted by Crippen LogP contribution is 2.21. The maximum Gasteiger partial charge on any atom is 0.0642 e. The van der Waals surface area contributed by atoms with Crippen LogP contribution >= 0.6 is 0 Å². The van der Waals surface area contributed by atoms with Gasteiger partial charge in [-0.15, -0.1) is 0 Å². The maximum absolute atomic E-state index is 5.80. The van der Waals surface area contributed by atoms with Gasteiger partial charge >= 0.3 is 0 Å². The number of morpholine rings is 1. The lowest BCUT2D eigenvalue weighted by molar-refractivity contribution is 0.0533. The van der Waals surface area contributed by atoms with Gasteiger partial charge in [0.1, 0.15) is 0 Å². The van der Waals surface area contributed by atoms with Crippen molar-refractivity contribution < 1.29 is 4.74 Å². The van der Waals surface area contributed by atoms with Gasteiger partial charge in [-0.25, -0.2) is 0 Å². The number of rotatable bonds is 6. The minimum absolute atomic E-state index is 0.764. The first-order valence-corrected chi connectivity index (χ1v) is 9.69. The number of hydrogen-bond acceptors (Lipinski definition) is 4. The summed E-state index contributed by atoms with van der Waals surface area (Å²) in [6, 6.07) is 7.88. The van der Waals surface area contributed by atoms with E-state index in [1.165, 1.54) is 11.3 Å². The van der Waals surface area contributed by atoms with Gasteiger partial charge < -0.3 is 20.7 Å². The Morgan fingerprint density at radius 2 is 1.74 bits per heavy atom. The molecule has 4 heteroatoms. The van der Waals surface area contributed by atoms with Gasteiger partial charge in [-0.2, -0.15) is 0 Å². The van der Waals surface area contributed by atoms with Crippen LogP contribution in [-0.4, -0.2) is 31.2 Å². The lowest BCUT2D eigenvalue weighted by Crippen LogP contribution is -2.35. The number of nitrogens with two attached hydrogens (primary N) is 1. The second kappa shape index (κ2) is 12.0. The number of ether oxygens (including phenoxy) is 1. The molecule has 1 aromatic rings. The predicted molar refractivity (Wildman–Crippen MR) is 118 cm³/mol. The first-order chi connectivity index (χ1) is 13.1. The second-order valence-corrected chi connectivity index (χ2v) is 6.08. The Balaban J connectivity index is 0.00000176. The van der Waals surface area contributed by atoms with Crippen LogP contribution in [-0.2, 0) is 4.74 Å². The molecular formula is C23H35N3O. The number of allylic oxidation sites excluding steroid dienone is 5. The Morgan fingerprint density at radius 1 is 1.15 bits per heavy atom. The maximum atomic E-state index is 5.80. The van der Waals surface area contributed by atoms with Gasteiger partial charge in [0.05, 0.1) is 13.2 Å². The van der Waals surface area contributed by atoms with E-state index in [9.17, 15) is 0 Å². The summed E-state index contributed by atoms with van der Waals surface area (Å²) in [6.07, 6.45) is 5.90. The van der Waals surface area contributed by atoms with Gasteiger partial charge in [-0.05, 0) is 50.1 Å². The Bertz CT molecular complexity index is 678. The second-order valence-electron chi connectivity index (χ2n) is 6.08. The summed E-state index contributed by atoms with van der Waals surface area (Å²) >= 11 is 0. The molecule has 2 rings (SSSR count). The normalized spacial score (nSPS) is 16.1. The van der Waals surface area contributed by atoms with E-state index < -0.39 is 0 Å². The van der Waals surface area contributed by atoms with Crippen LogP contribution in [0, 0.1) is 0 Å². The summed E-state index contributed by atoms with van der Waals surface area (Å²) in [6.45, 7) is 17.6. The summed E-state index contributed by atoms with van der Waals surface area (Å²) in [5, 5.41) is 3.55. The number of benzene rings is 1. The SMILES string of the molecule is C=C/C=C(N/C(=C\C)c1ccc(N)cc1)\C(C)=C(/C)N1CCOCC1.CC. The lowest BCUT2D eigenvalue weighted by atomic mass is 10.1. The van der Waals surface area contributed by atoms with Crippen LogP contribution < -0.4 is 11.1 Å². The monoisotopic (exact) mass is 369 g/mol. The largest absolute Gasteiger partial charge is 0.399 e. The van der Waals surface area contributed by atoms with Crippen molar-refractivity contribution in [1.29, 1.82) is 0 Å². The van der Waals surface area contributed by atoms with Crippen LogP contribution in [0.2, 0.25) is 0 Å². The molecule has 1 aromatic carbocycles. The summed E-state index contributed by atoms with van der Waals surface area (Å²) in [5.41, 5.74) is 12.2. The van der Waals surface area contributed by atoms with E-state index in [0.717, 1.165) is 48.9 Å². The molecule has 0 unspecified atom stereocenters. The van der Waals surface area contributed by atoms with E-state index in [0.29, 0.717) is 0 Å². The molecule has 1 fully saturated rings. The topological polar surface area (TPSA) is 50.5 Å². The molecule has 1 saturated heterocycles. The Labute approximate surface area is 165 Å². The molecular weight excluding hydrogens is 334 g/mol. The van der Waals surface area contributed by atoms with E-state index in [4.69, 9.17) is 10.5 Å². The number of anilines is 1. The highest BCUT2D eigenvalue weighted by atomic mass is 16.5. The molecule has 1 aliphatic heterocycles. The summed E-state index contributed by atoms with van der Waals surface area (Å²) < 4.78 is 5.46. The van der Waals surface area contributed by atoms with Crippen LogP contribution in [0.5, 0.6) is 0 Å². The Hall–Kier alpha value is -2.46. The molecule has 3 N–H and O–H groups in total. The molecule has 1 heterocycles. The lowest BCUT2D eigenvalue weighted by Gasteiger charge is -2.31. The first-order valence-electron chi connectivity index (χ1n) is 9.69. The molecule has 0 saturated carbocycles. The van der Waals surface area contributed by atoms with Crippen LogP contribution in [0.4, 0.5) is 5.69 Å². The molecule has 148 valence electrons. The fourth-order valence-electron chi connectivity index (χ4n) is 2.83. The fourth-order valence-corrected chi connectivity index (χ4v) is 2.83. The van der Waals surface area contributed by atoms with Crippen molar-refractivity contribution in [3.8, 4) is 0 Å². The molecule has 0 aliphatic carbocycles. The van der Waals surface area contributed by atoms with Crippen molar-refractivity contribution in [3.05, 3.63) is 71.6 Å². The van der Waals surface area contributed by atoms with E-state index in [1.807, 2.05) is 57.2 Å². The summed E-state index contributed by atoms with van der Waals surface area (Å²) in [4.78, 5) is 2.37. The third-order valence-electron chi connectivity index (χ3n) is 4.50. The number of hydrogen-bond donors (Lipinski definition) is 2. The van der Waals surface area contributed by atoms with E-state index >= 15 is 0 Å². The highest BCUT2D eigenvalue weighted by Gasteiger charge is 2.15. The van der Waals surface area contributed by atoms with Crippen molar-refractivity contribution in [3.63, 3.8) is 0 Å². The summed E-state index contributed by atoms with van der Waals surface area (Å²) in [7, 11) is 0. The number of nitrogens with one attached hydrogen (secondary N) is 1. The zero-order valence-corrected chi connectivity index (χ0v) is 17.5. The quantitative estimate of drug-likeness (QED) is 0.551. The van der Waals surface area contributed by atoms with Gasteiger partial charge in [0.15, 0.2) is 0 Å². The van der Waals surface area contributed by atoms with Crippen molar-refractivity contribution in [2.75, 3.05) is 32.0 Å². The molecule has 27 heavy (non-hydrogen) atoms.